The molecule has 1 rings (SSSR count). The number of hydrogen-bond donors (Lipinski definition) is 0. The maximum Gasteiger partial charge on any atom is 0.317 e. The summed E-state index contributed by atoms with van der Waals surface area (Å²) in [6.07, 6.45) is 0. The minimum absolute atomic E-state index is 0.106. The number of nitrogens with zero attached hydrogens (tertiary/aromatic N) is 1. The lowest BCUT2D eigenvalue weighted by Crippen LogP contribution is -2.34. The molecule has 0 amide bonds. The SMILES string of the molecule is CCOC(=O)C(C(C)=O)[C@H](C[N+](=O)[O-])c1ccc(Cl)cc1. The summed E-state index contributed by atoms with van der Waals surface area (Å²) in [7, 11) is 0. The molecule has 0 aliphatic rings. The molecule has 2 atom stereocenters. The van der Waals surface area contributed by atoms with Crippen LogP contribution in [0.4, 0.5) is 0 Å². The molecule has 114 valence electrons. The smallest absolute Gasteiger partial charge is 0.317 e. The predicted molar refractivity (Wildman–Crippen MR) is 76.9 cm³/mol. The Balaban J connectivity index is 3.19. The lowest BCUT2D eigenvalue weighted by Gasteiger charge is -2.21. The molecule has 0 aliphatic carbocycles. The largest absolute Gasteiger partial charge is 0.465 e. The summed E-state index contributed by atoms with van der Waals surface area (Å²) >= 11 is 5.78. The fourth-order valence-corrected chi connectivity index (χ4v) is 2.25. The maximum absolute atomic E-state index is 12.0. The third-order valence-electron chi connectivity index (χ3n) is 3.02. The van der Waals surface area contributed by atoms with Gasteiger partial charge in [0.05, 0.1) is 12.5 Å². The molecule has 1 aromatic rings. The molecule has 1 unspecified atom stereocenters. The molecule has 0 aromatic heterocycles. The Labute approximate surface area is 127 Å². The van der Waals surface area contributed by atoms with Gasteiger partial charge in [0.15, 0.2) is 0 Å². The highest BCUT2D eigenvalue weighted by molar-refractivity contribution is 6.30. The van der Waals surface area contributed by atoms with Crippen LogP contribution in [0.2, 0.25) is 5.02 Å². The molecule has 0 radical (unpaired) electrons. The van der Waals surface area contributed by atoms with Gasteiger partial charge in [-0.1, -0.05) is 23.7 Å². The molecule has 0 heterocycles. The average molecular weight is 314 g/mol. The number of benzene rings is 1. The molecule has 21 heavy (non-hydrogen) atoms. The van der Waals surface area contributed by atoms with Crippen molar-refractivity contribution >= 4 is 23.4 Å². The van der Waals surface area contributed by atoms with E-state index in [-0.39, 0.29) is 6.61 Å². The van der Waals surface area contributed by atoms with Crippen LogP contribution < -0.4 is 0 Å². The number of esters is 1. The number of Topliss-reactive ketones (excluding diaryl/α,β-unsaturated/α-hetero) is 1. The van der Waals surface area contributed by atoms with Crippen LogP contribution in [-0.2, 0) is 14.3 Å². The second kappa shape index (κ2) is 7.73. The zero-order valence-electron chi connectivity index (χ0n) is 11.7. The fraction of sp³-hybridized carbons (Fsp3) is 0.429. The van der Waals surface area contributed by atoms with Gasteiger partial charge in [0, 0.05) is 9.95 Å². The molecular weight excluding hydrogens is 298 g/mol. The summed E-state index contributed by atoms with van der Waals surface area (Å²) in [6, 6.07) is 6.27. The molecule has 6 nitrogen and oxygen atoms in total. The molecule has 0 saturated heterocycles. The Morgan fingerprint density at radius 2 is 1.90 bits per heavy atom. The first-order chi connectivity index (χ1) is 9.86. The fourth-order valence-electron chi connectivity index (χ4n) is 2.12. The summed E-state index contributed by atoms with van der Waals surface area (Å²) < 4.78 is 4.86. The third kappa shape index (κ3) is 4.82. The van der Waals surface area contributed by atoms with Crippen LogP contribution in [0.25, 0.3) is 0 Å². The van der Waals surface area contributed by atoms with E-state index in [1.807, 2.05) is 0 Å². The maximum atomic E-state index is 12.0. The molecule has 0 bridgehead atoms. The van der Waals surface area contributed by atoms with Crippen LogP contribution in [0.3, 0.4) is 0 Å². The average Bonchev–Trinajstić information content (AvgIpc) is 2.38. The van der Waals surface area contributed by atoms with Gasteiger partial charge < -0.3 is 4.74 Å². The van der Waals surface area contributed by atoms with Gasteiger partial charge in [0.1, 0.15) is 11.7 Å². The highest BCUT2D eigenvalue weighted by Crippen LogP contribution is 2.28. The van der Waals surface area contributed by atoms with Gasteiger partial charge in [-0.3, -0.25) is 19.7 Å². The number of hydrogen-bond acceptors (Lipinski definition) is 5. The van der Waals surface area contributed by atoms with E-state index in [9.17, 15) is 19.7 Å². The monoisotopic (exact) mass is 313 g/mol. The van der Waals surface area contributed by atoms with Crippen LogP contribution in [0, 0.1) is 16.0 Å². The molecule has 0 fully saturated rings. The minimum atomic E-state index is -1.20. The van der Waals surface area contributed by atoms with Crippen molar-refractivity contribution in [3.63, 3.8) is 0 Å². The summed E-state index contributed by atoms with van der Waals surface area (Å²) in [5.41, 5.74) is 0.504. The molecule has 0 N–H and O–H groups in total. The van der Waals surface area contributed by atoms with Crippen LogP contribution in [0.1, 0.15) is 25.3 Å². The molecule has 0 saturated carbocycles. The molecular formula is C14H16ClNO5. The number of ketones is 1. The molecule has 7 heteroatoms. The Morgan fingerprint density at radius 1 is 1.33 bits per heavy atom. The van der Waals surface area contributed by atoms with E-state index in [4.69, 9.17) is 16.3 Å². The molecule has 0 aliphatic heterocycles. The first-order valence-corrected chi connectivity index (χ1v) is 6.79. The number of ether oxygens (including phenoxy) is 1. The second-order valence-electron chi connectivity index (χ2n) is 4.51. The third-order valence-corrected chi connectivity index (χ3v) is 3.28. The van der Waals surface area contributed by atoms with E-state index in [0.717, 1.165) is 0 Å². The number of nitro groups is 1. The van der Waals surface area contributed by atoms with Crippen LogP contribution in [-0.4, -0.2) is 29.8 Å². The first kappa shape index (κ1) is 17.1. The van der Waals surface area contributed by atoms with Crippen molar-refractivity contribution in [1.82, 2.24) is 0 Å². The zero-order valence-corrected chi connectivity index (χ0v) is 12.5. The predicted octanol–water partition coefficient (Wildman–Crippen LogP) is 2.47. The van der Waals surface area contributed by atoms with Gasteiger partial charge in [-0.15, -0.1) is 0 Å². The Kier molecular flexibility index (Phi) is 6.30. The van der Waals surface area contributed by atoms with Crippen molar-refractivity contribution in [3.8, 4) is 0 Å². The van der Waals surface area contributed by atoms with Crippen LogP contribution >= 0.6 is 11.6 Å². The standard InChI is InChI=1S/C14H16ClNO5/c1-3-21-14(18)13(9(2)17)12(8-16(19)20)10-4-6-11(15)7-5-10/h4-7,12-13H,3,8H2,1-2H3/t12-,13?/m1/s1. The van der Waals surface area contributed by atoms with Crippen molar-refractivity contribution in [2.45, 2.75) is 19.8 Å². The first-order valence-electron chi connectivity index (χ1n) is 6.41. The van der Waals surface area contributed by atoms with E-state index in [2.05, 4.69) is 0 Å². The van der Waals surface area contributed by atoms with Crippen molar-refractivity contribution in [1.29, 1.82) is 0 Å². The van der Waals surface area contributed by atoms with Gasteiger partial charge >= 0.3 is 5.97 Å². The van der Waals surface area contributed by atoms with E-state index in [1.165, 1.54) is 6.92 Å². The number of carbonyl (C=O) groups is 2. The number of carbonyl (C=O) groups excluding carboxylic acids is 2. The Bertz CT molecular complexity index is 529. The molecule has 0 spiro atoms. The van der Waals surface area contributed by atoms with Gasteiger partial charge in [-0.25, -0.2) is 0 Å². The number of rotatable bonds is 7. The van der Waals surface area contributed by atoms with Gasteiger partial charge in [0.2, 0.25) is 6.54 Å². The van der Waals surface area contributed by atoms with E-state index < -0.39 is 35.1 Å². The van der Waals surface area contributed by atoms with Crippen LogP contribution in [0.15, 0.2) is 24.3 Å². The Hall–Kier alpha value is -1.95. The highest BCUT2D eigenvalue weighted by atomic mass is 35.5. The van der Waals surface area contributed by atoms with Gasteiger partial charge in [-0.05, 0) is 31.5 Å². The van der Waals surface area contributed by atoms with Crippen molar-refractivity contribution in [2.75, 3.05) is 13.2 Å². The van der Waals surface area contributed by atoms with Crippen molar-refractivity contribution in [3.05, 3.63) is 45.0 Å². The zero-order chi connectivity index (χ0) is 16.0. The molecule has 1 aromatic carbocycles. The second-order valence-corrected chi connectivity index (χ2v) is 4.95. The lowest BCUT2D eigenvalue weighted by molar-refractivity contribution is -0.484. The van der Waals surface area contributed by atoms with Gasteiger partial charge in [0.25, 0.3) is 0 Å². The van der Waals surface area contributed by atoms with Crippen molar-refractivity contribution < 1.29 is 19.2 Å². The topological polar surface area (TPSA) is 86.5 Å². The quantitative estimate of drug-likeness (QED) is 0.334. The van der Waals surface area contributed by atoms with Crippen molar-refractivity contribution in [2.24, 2.45) is 5.92 Å². The van der Waals surface area contributed by atoms with E-state index >= 15 is 0 Å². The highest BCUT2D eigenvalue weighted by Gasteiger charge is 2.37. The summed E-state index contributed by atoms with van der Waals surface area (Å²) in [4.78, 5) is 34.1. The van der Waals surface area contributed by atoms with Crippen LogP contribution in [0.5, 0.6) is 0 Å². The normalized spacial score (nSPS) is 13.3. The van der Waals surface area contributed by atoms with Gasteiger partial charge in [-0.2, -0.15) is 0 Å². The van der Waals surface area contributed by atoms with E-state index in [1.54, 1.807) is 31.2 Å². The minimum Gasteiger partial charge on any atom is -0.465 e. The summed E-state index contributed by atoms with van der Waals surface area (Å²) in [5, 5.41) is 11.3. The number of halogens is 1. The van der Waals surface area contributed by atoms with E-state index in [0.29, 0.717) is 10.6 Å². The Morgan fingerprint density at radius 3 is 2.33 bits per heavy atom. The summed E-state index contributed by atoms with van der Waals surface area (Å²) in [5.74, 6) is -3.28. The lowest BCUT2D eigenvalue weighted by atomic mass is 9.83. The summed E-state index contributed by atoms with van der Waals surface area (Å²) in [6.45, 7) is 2.41.